The van der Waals surface area contributed by atoms with E-state index in [1.165, 1.54) is 0 Å². The van der Waals surface area contributed by atoms with Gasteiger partial charge in [0, 0.05) is 18.3 Å². The number of carbonyl (C=O) groups excluding carboxylic acids is 1. The van der Waals surface area contributed by atoms with E-state index in [0.29, 0.717) is 6.54 Å². The molecule has 0 bridgehead atoms. The zero-order valence-corrected chi connectivity index (χ0v) is 12.9. The Morgan fingerprint density at radius 1 is 1.35 bits per heavy atom. The molecule has 7 heteroatoms. The smallest absolute Gasteiger partial charge is 0.242 e. The van der Waals surface area contributed by atoms with Gasteiger partial charge in [-0.3, -0.25) is 4.79 Å². The molecule has 5 nitrogen and oxygen atoms in total. The lowest BCUT2D eigenvalue weighted by Crippen LogP contribution is -2.51. The number of para-hydroxylation sites is 1. The summed E-state index contributed by atoms with van der Waals surface area (Å²) in [6.07, 6.45) is 0. The van der Waals surface area contributed by atoms with Crippen LogP contribution < -0.4 is 5.32 Å². The highest BCUT2D eigenvalue weighted by Gasteiger charge is 2.30. The number of sulfone groups is 1. The van der Waals surface area contributed by atoms with Gasteiger partial charge >= 0.3 is 0 Å². The molecule has 112 valence electrons. The van der Waals surface area contributed by atoms with Crippen molar-refractivity contribution in [2.45, 2.75) is 13.0 Å². The Morgan fingerprint density at radius 3 is 2.60 bits per heavy atom. The molecule has 1 heterocycles. The summed E-state index contributed by atoms with van der Waals surface area (Å²) < 4.78 is 22.9. The summed E-state index contributed by atoms with van der Waals surface area (Å²) in [5.41, 5.74) is 0.883. The molecule has 1 fully saturated rings. The number of carbonyl (C=O) groups is 1. The van der Waals surface area contributed by atoms with Gasteiger partial charge < -0.3 is 10.2 Å². The number of hydrogen-bond acceptors (Lipinski definition) is 4. The molecule has 2 rings (SSSR count). The number of anilines is 1. The number of benzene rings is 1. The summed E-state index contributed by atoms with van der Waals surface area (Å²) in [7, 11) is -2.98. The first-order valence-corrected chi connectivity index (χ1v) is 8.09. The van der Waals surface area contributed by atoms with Gasteiger partial charge in [-0.1, -0.05) is 18.2 Å². The first-order valence-electron chi connectivity index (χ1n) is 6.27. The molecule has 1 amide bonds. The van der Waals surface area contributed by atoms with E-state index < -0.39 is 9.84 Å². The Balaban J connectivity index is 0.00000200. The molecule has 1 aromatic carbocycles. The minimum Gasteiger partial charge on any atom is -0.376 e. The van der Waals surface area contributed by atoms with Gasteiger partial charge in [0.25, 0.3) is 0 Å². The van der Waals surface area contributed by atoms with Crippen molar-refractivity contribution >= 4 is 33.8 Å². The zero-order valence-electron chi connectivity index (χ0n) is 11.3. The third-order valence-corrected chi connectivity index (χ3v) is 5.00. The van der Waals surface area contributed by atoms with Crippen LogP contribution in [0.2, 0.25) is 0 Å². The van der Waals surface area contributed by atoms with Crippen molar-refractivity contribution in [3.05, 3.63) is 30.3 Å². The molecule has 1 aliphatic rings. The molecule has 1 N–H and O–H groups in total. The van der Waals surface area contributed by atoms with Gasteiger partial charge in [-0.2, -0.15) is 0 Å². The van der Waals surface area contributed by atoms with Crippen molar-refractivity contribution in [1.29, 1.82) is 0 Å². The molecule has 1 aromatic rings. The third kappa shape index (κ3) is 4.38. The number of rotatable bonds is 3. The van der Waals surface area contributed by atoms with Gasteiger partial charge in [-0.05, 0) is 19.1 Å². The van der Waals surface area contributed by atoms with Crippen LogP contribution in [0, 0.1) is 0 Å². The fourth-order valence-electron chi connectivity index (χ4n) is 2.20. The average molecular weight is 319 g/mol. The molecule has 0 aromatic heterocycles. The van der Waals surface area contributed by atoms with Gasteiger partial charge in [0.15, 0.2) is 9.84 Å². The first-order chi connectivity index (χ1) is 8.98. The molecule has 1 saturated heterocycles. The number of amides is 1. The second-order valence-corrected chi connectivity index (χ2v) is 7.00. The van der Waals surface area contributed by atoms with Crippen LogP contribution in [0.1, 0.15) is 6.92 Å². The van der Waals surface area contributed by atoms with Crippen molar-refractivity contribution in [3.63, 3.8) is 0 Å². The molecule has 20 heavy (non-hydrogen) atoms. The lowest BCUT2D eigenvalue weighted by atomic mass is 10.3. The van der Waals surface area contributed by atoms with E-state index in [4.69, 9.17) is 0 Å². The summed E-state index contributed by atoms with van der Waals surface area (Å²) in [5.74, 6) is 0.0599. The van der Waals surface area contributed by atoms with E-state index in [9.17, 15) is 13.2 Å². The number of nitrogens with one attached hydrogen (secondary N) is 1. The van der Waals surface area contributed by atoms with Crippen molar-refractivity contribution in [1.82, 2.24) is 4.90 Å². The second kappa shape index (κ2) is 6.95. The Bertz CT molecular complexity index is 548. The average Bonchev–Trinajstić information content (AvgIpc) is 2.36. The van der Waals surface area contributed by atoms with E-state index >= 15 is 0 Å². The van der Waals surface area contributed by atoms with Crippen LogP contribution in [-0.2, 0) is 14.6 Å². The number of nitrogens with zero attached hydrogens (tertiary/aromatic N) is 1. The summed E-state index contributed by atoms with van der Waals surface area (Å²) in [5, 5.41) is 3.04. The second-order valence-electron chi connectivity index (χ2n) is 4.77. The first kappa shape index (κ1) is 16.8. The molecule has 0 aliphatic carbocycles. The topological polar surface area (TPSA) is 66.5 Å². The van der Waals surface area contributed by atoms with Crippen molar-refractivity contribution in [3.8, 4) is 0 Å². The highest BCUT2D eigenvalue weighted by molar-refractivity contribution is 7.91. The fraction of sp³-hybridized carbons (Fsp3) is 0.462. The quantitative estimate of drug-likeness (QED) is 0.908. The van der Waals surface area contributed by atoms with Crippen LogP contribution in [0.3, 0.4) is 0 Å². The van der Waals surface area contributed by atoms with E-state index in [-0.39, 0.29) is 42.4 Å². The van der Waals surface area contributed by atoms with E-state index in [1.807, 2.05) is 30.3 Å². The highest BCUT2D eigenvalue weighted by Crippen LogP contribution is 2.12. The summed E-state index contributed by atoms with van der Waals surface area (Å²) in [6, 6.07) is 9.22. The maximum atomic E-state index is 12.1. The van der Waals surface area contributed by atoms with Gasteiger partial charge in [0.2, 0.25) is 5.91 Å². The van der Waals surface area contributed by atoms with Crippen LogP contribution in [0.15, 0.2) is 30.3 Å². The van der Waals surface area contributed by atoms with Crippen LogP contribution in [0.5, 0.6) is 0 Å². The summed E-state index contributed by atoms with van der Waals surface area (Å²) in [6.45, 7) is 2.25. The van der Waals surface area contributed by atoms with Crippen molar-refractivity contribution < 1.29 is 13.2 Å². The lowest BCUT2D eigenvalue weighted by molar-refractivity contribution is -0.130. The predicted octanol–water partition coefficient (Wildman–Crippen LogP) is 1.17. The van der Waals surface area contributed by atoms with Crippen molar-refractivity contribution in [2.24, 2.45) is 0 Å². The minimum atomic E-state index is -2.98. The maximum absolute atomic E-state index is 12.1. The molecule has 0 radical (unpaired) electrons. The third-order valence-electron chi connectivity index (χ3n) is 3.21. The van der Waals surface area contributed by atoms with Crippen molar-refractivity contribution in [2.75, 3.05) is 29.9 Å². The van der Waals surface area contributed by atoms with E-state index in [0.717, 1.165) is 5.69 Å². The standard InChI is InChI=1S/C13H18N2O3S.ClH/c1-11-10-19(17,18)8-7-15(11)13(16)9-14-12-5-3-2-4-6-12;/h2-6,11,14H,7-10H2,1H3;1H. The fourth-order valence-corrected chi connectivity index (χ4v) is 3.76. The predicted molar refractivity (Wildman–Crippen MR) is 82.0 cm³/mol. The molecular formula is C13H19ClN2O3S. The van der Waals surface area contributed by atoms with Crippen LogP contribution in [-0.4, -0.2) is 49.9 Å². The zero-order chi connectivity index (χ0) is 13.9. The molecular weight excluding hydrogens is 300 g/mol. The Labute approximate surface area is 125 Å². The Morgan fingerprint density at radius 2 is 2.00 bits per heavy atom. The van der Waals surface area contributed by atoms with Gasteiger partial charge in [-0.15, -0.1) is 12.4 Å². The number of halogens is 1. The molecule has 1 atom stereocenters. The van der Waals surface area contributed by atoms with Crippen LogP contribution in [0.4, 0.5) is 5.69 Å². The van der Waals surface area contributed by atoms with E-state index in [2.05, 4.69) is 5.32 Å². The largest absolute Gasteiger partial charge is 0.376 e. The monoisotopic (exact) mass is 318 g/mol. The normalized spacial score (nSPS) is 20.9. The molecule has 0 saturated carbocycles. The SMILES string of the molecule is CC1CS(=O)(=O)CCN1C(=O)CNc1ccccc1.Cl. The Hall–Kier alpha value is -1.27. The van der Waals surface area contributed by atoms with Crippen LogP contribution in [0.25, 0.3) is 0 Å². The molecule has 1 aliphatic heterocycles. The van der Waals surface area contributed by atoms with E-state index in [1.54, 1.807) is 11.8 Å². The minimum absolute atomic E-state index is 0. The van der Waals surface area contributed by atoms with Crippen LogP contribution >= 0.6 is 12.4 Å². The summed E-state index contributed by atoms with van der Waals surface area (Å²) in [4.78, 5) is 13.7. The molecule has 0 spiro atoms. The van der Waals surface area contributed by atoms with Gasteiger partial charge in [0.1, 0.15) is 0 Å². The van der Waals surface area contributed by atoms with Gasteiger partial charge in [-0.25, -0.2) is 8.42 Å². The summed E-state index contributed by atoms with van der Waals surface area (Å²) >= 11 is 0. The molecule has 1 unspecified atom stereocenters. The maximum Gasteiger partial charge on any atom is 0.242 e. The lowest BCUT2D eigenvalue weighted by Gasteiger charge is -2.33. The number of hydrogen-bond donors (Lipinski definition) is 1. The van der Waals surface area contributed by atoms with Gasteiger partial charge in [0.05, 0.1) is 18.1 Å². The highest BCUT2D eigenvalue weighted by atomic mass is 35.5. The Kier molecular flexibility index (Phi) is 5.83.